The van der Waals surface area contributed by atoms with Gasteiger partial charge in [-0.05, 0) is 49.1 Å². The number of hydrogen-bond donors (Lipinski definition) is 4. The number of likely N-dealkylation sites (tertiary alicyclic amines) is 1. The zero-order valence-corrected chi connectivity index (χ0v) is 17.1. The molecule has 3 amide bonds. The van der Waals surface area contributed by atoms with Gasteiger partial charge in [0.15, 0.2) is 0 Å². The van der Waals surface area contributed by atoms with Crippen LogP contribution in [0.5, 0.6) is 0 Å². The predicted octanol–water partition coefficient (Wildman–Crippen LogP) is 3.64. The molecular formula is C23H29N5O2. The van der Waals surface area contributed by atoms with Crippen molar-refractivity contribution in [1.29, 1.82) is 0 Å². The molecule has 0 saturated carbocycles. The maximum Gasteiger partial charge on any atom is 0.321 e. The van der Waals surface area contributed by atoms with Crippen molar-refractivity contribution in [1.82, 2.24) is 15.8 Å². The first-order valence-corrected chi connectivity index (χ1v) is 10.7. The van der Waals surface area contributed by atoms with E-state index in [1.165, 1.54) is 12.8 Å². The maximum absolute atomic E-state index is 12.6. The summed E-state index contributed by atoms with van der Waals surface area (Å²) < 4.78 is 0. The molecule has 2 aromatic rings. The van der Waals surface area contributed by atoms with Crippen LogP contribution in [0.25, 0.3) is 0 Å². The fourth-order valence-corrected chi connectivity index (χ4v) is 3.97. The first kappa shape index (κ1) is 20.4. The molecule has 0 spiro atoms. The minimum Gasteiger partial charge on any atom is -0.325 e. The standard InChI is InChI=1S/C23H29N5O2/c29-22(21-16-20(26-27-21)17-8-4-3-5-9-17)24-18-10-12-19(13-11-18)25-23(30)28-14-6-1-2-7-15-28/h3-5,8-13,20-21,26-27H,1-2,6-7,14-16H2,(H,24,29)(H,25,30). The Morgan fingerprint density at radius 3 is 2.10 bits per heavy atom. The van der Waals surface area contributed by atoms with Crippen LogP contribution in [0.15, 0.2) is 54.6 Å². The van der Waals surface area contributed by atoms with Crippen molar-refractivity contribution in [3.63, 3.8) is 0 Å². The molecule has 4 rings (SSSR count). The maximum atomic E-state index is 12.6. The highest BCUT2D eigenvalue weighted by atomic mass is 16.2. The van der Waals surface area contributed by atoms with E-state index >= 15 is 0 Å². The van der Waals surface area contributed by atoms with Gasteiger partial charge in [-0.15, -0.1) is 0 Å². The van der Waals surface area contributed by atoms with Crippen molar-refractivity contribution in [2.24, 2.45) is 0 Å². The fraction of sp³-hybridized carbons (Fsp3) is 0.391. The second-order valence-corrected chi connectivity index (χ2v) is 7.94. The number of amides is 3. The van der Waals surface area contributed by atoms with Crippen molar-refractivity contribution in [3.8, 4) is 0 Å². The van der Waals surface area contributed by atoms with E-state index in [0.717, 1.165) is 37.2 Å². The van der Waals surface area contributed by atoms with Gasteiger partial charge < -0.3 is 15.5 Å². The van der Waals surface area contributed by atoms with E-state index in [-0.39, 0.29) is 24.0 Å². The normalized spacial score (nSPS) is 21.7. The molecule has 2 atom stereocenters. The van der Waals surface area contributed by atoms with Crippen LogP contribution < -0.4 is 21.5 Å². The quantitative estimate of drug-likeness (QED) is 0.623. The second-order valence-electron chi connectivity index (χ2n) is 7.94. The smallest absolute Gasteiger partial charge is 0.321 e. The Kier molecular flexibility index (Phi) is 6.61. The molecule has 7 nitrogen and oxygen atoms in total. The SMILES string of the molecule is O=C(Nc1ccc(NC(=O)N2CCCCCC2)cc1)C1CC(c2ccccc2)NN1. The molecule has 158 valence electrons. The van der Waals surface area contributed by atoms with Gasteiger partial charge in [-0.3, -0.25) is 4.79 Å². The topological polar surface area (TPSA) is 85.5 Å². The Labute approximate surface area is 177 Å². The zero-order valence-electron chi connectivity index (χ0n) is 17.1. The molecule has 0 aliphatic carbocycles. The lowest BCUT2D eigenvalue weighted by molar-refractivity contribution is -0.117. The molecule has 0 radical (unpaired) electrons. The van der Waals surface area contributed by atoms with E-state index in [2.05, 4.69) is 33.6 Å². The number of anilines is 2. The van der Waals surface area contributed by atoms with Crippen LogP contribution in [-0.4, -0.2) is 36.0 Å². The van der Waals surface area contributed by atoms with Crippen molar-refractivity contribution in [3.05, 3.63) is 60.2 Å². The first-order chi connectivity index (χ1) is 14.7. The van der Waals surface area contributed by atoms with Crippen LogP contribution in [0, 0.1) is 0 Å². The minimum absolute atomic E-state index is 0.0538. The van der Waals surface area contributed by atoms with Gasteiger partial charge in [0.05, 0.1) is 0 Å². The molecule has 2 aliphatic rings. The van der Waals surface area contributed by atoms with Crippen LogP contribution in [0.2, 0.25) is 0 Å². The molecular weight excluding hydrogens is 378 g/mol. The molecule has 2 unspecified atom stereocenters. The highest BCUT2D eigenvalue weighted by molar-refractivity contribution is 5.95. The lowest BCUT2D eigenvalue weighted by Gasteiger charge is -2.20. The molecule has 0 bridgehead atoms. The highest BCUT2D eigenvalue weighted by Crippen LogP contribution is 2.23. The van der Waals surface area contributed by atoms with Crippen molar-refractivity contribution in [2.75, 3.05) is 23.7 Å². The van der Waals surface area contributed by atoms with E-state index in [0.29, 0.717) is 12.1 Å². The summed E-state index contributed by atoms with van der Waals surface area (Å²) in [4.78, 5) is 26.9. The zero-order chi connectivity index (χ0) is 20.8. The summed E-state index contributed by atoms with van der Waals surface area (Å²) in [6.07, 6.45) is 5.19. The third kappa shape index (κ3) is 5.17. The van der Waals surface area contributed by atoms with Crippen LogP contribution in [0.1, 0.15) is 43.7 Å². The van der Waals surface area contributed by atoms with Gasteiger partial charge in [0.1, 0.15) is 6.04 Å². The van der Waals surface area contributed by atoms with Gasteiger partial charge in [0.2, 0.25) is 5.91 Å². The number of carbonyl (C=O) groups excluding carboxylic acids is 2. The number of hydrazine groups is 1. The predicted molar refractivity (Wildman–Crippen MR) is 118 cm³/mol. The Bertz CT molecular complexity index is 848. The van der Waals surface area contributed by atoms with Crippen molar-refractivity contribution < 1.29 is 9.59 Å². The monoisotopic (exact) mass is 407 g/mol. The average molecular weight is 408 g/mol. The van der Waals surface area contributed by atoms with E-state index < -0.39 is 0 Å². The minimum atomic E-state index is -0.308. The van der Waals surface area contributed by atoms with E-state index in [1.807, 2.05) is 47.4 Å². The Balaban J connectivity index is 1.28. The molecule has 2 heterocycles. The summed E-state index contributed by atoms with van der Waals surface area (Å²) >= 11 is 0. The van der Waals surface area contributed by atoms with Gasteiger partial charge in [0.25, 0.3) is 0 Å². The second kappa shape index (κ2) is 9.73. The summed E-state index contributed by atoms with van der Waals surface area (Å²) in [5.41, 5.74) is 8.86. The highest BCUT2D eigenvalue weighted by Gasteiger charge is 2.30. The van der Waals surface area contributed by atoms with Gasteiger partial charge in [-0.1, -0.05) is 43.2 Å². The molecule has 30 heavy (non-hydrogen) atoms. The summed E-state index contributed by atoms with van der Waals surface area (Å²) in [5.74, 6) is -0.0812. The number of urea groups is 1. The van der Waals surface area contributed by atoms with E-state index in [1.54, 1.807) is 0 Å². The number of rotatable bonds is 4. The first-order valence-electron chi connectivity index (χ1n) is 10.7. The Morgan fingerprint density at radius 2 is 1.43 bits per heavy atom. The van der Waals surface area contributed by atoms with Crippen LogP contribution in [0.3, 0.4) is 0 Å². The summed E-state index contributed by atoms with van der Waals surface area (Å²) in [7, 11) is 0. The molecule has 2 saturated heterocycles. The van der Waals surface area contributed by atoms with Gasteiger partial charge >= 0.3 is 6.03 Å². The number of hydrogen-bond acceptors (Lipinski definition) is 4. The number of carbonyl (C=O) groups is 2. The number of nitrogens with zero attached hydrogens (tertiary/aromatic N) is 1. The largest absolute Gasteiger partial charge is 0.325 e. The number of benzene rings is 2. The van der Waals surface area contributed by atoms with E-state index in [4.69, 9.17) is 0 Å². The molecule has 2 aliphatic heterocycles. The van der Waals surface area contributed by atoms with Crippen LogP contribution in [0.4, 0.5) is 16.2 Å². The molecule has 2 fully saturated rings. The molecule has 7 heteroatoms. The molecule has 2 aromatic carbocycles. The average Bonchev–Trinajstić information content (AvgIpc) is 3.11. The third-order valence-corrected chi connectivity index (χ3v) is 5.72. The summed E-state index contributed by atoms with van der Waals surface area (Å²) in [5, 5.41) is 5.89. The number of nitrogens with one attached hydrogen (secondary N) is 4. The lowest BCUT2D eigenvalue weighted by Crippen LogP contribution is -2.39. The van der Waals surface area contributed by atoms with Crippen molar-refractivity contribution >= 4 is 23.3 Å². The van der Waals surface area contributed by atoms with Gasteiger partial charge in [0, 0.05) is 30.5 Å². The third-order valence-electron chi connectivity index (χ3n) is 5.72. The molecule has 0 aromatic heterocycles. The Hall–Kier alpha value is -2.90. The fourth-order valence-electron chi connectivity index (χ4n) is 3.97. The molecule has 4 N–H and O–H groups in total. The summed E-state index contributed by atoms with van der Waals surface area (Å²) in [6, 6.07) is 17.1. The van der Waals surface area contributed by atoms with Crippen molar-refractivity contribution in [2.45, 2.75) is 44.2 Å². The van der Waals surface area contributed by atoms with E-state index in [9.17, 15) is 9.59 Å². The van der Waals surface area contributed by atoms with Gasteiger partial charge in [-0.2, -0.15) is 0 Å². The lowest BCUT2D eigenvalue weighted by atomic mass is 10.0. The Morgan fingerprint density at radius 1 is 0.800 bits per heavy atom. The van der Waals surface area contributed by atoms with Gasteiger partial charge in [-0.25, -0.2) is 15.6 Å². The van der Waals surface area contributed by atoms with Crippen LogP contribution in [-0.2, 0) is 4.79 Å². The van der Waals surface area contributed by atoms with Crippen LogP contribution >= 0.6 is 0 Å². The summed E-state index contributed by atoms with van der Waals surface area (Å²) in [6.45, 7) is 1.62.